The van der Waals surface area contributed by atoms with Crippen molar-refractivity contribution >= 4 is 29.5 Å². The number of hydrogen-bond acceptors (Lipinski definition) is 5. The van der Waals surface area contributed by atoms with Gasteiger partial charge in [0, 0.05) is 0 Å². The third kappa shape index (κ3) is 3.73. The molecule has 156 valence electrons. The lowest BCUT2D eigenvalue weighted by molar-refractivity contribution is -0.134. The lowest BCUT2D eigenvalue weighted by Gasteiger charge is -2.25. The van der Waals surface area contributed by atoms with Crippen LogP contribution in [0, 0.1) is 5.82 Å². The minimum atomic E-state index is -1.38. The van der Waals surface area contributed by atoms with Crippen LogP contribution >= 0.6 is 0 Å². The number of carbonyl (C=O) groups is 4. The highest BCUT2D eigenvalue weighted by Gasteiger charge is 2.51. The lowest BCUT2D eigenvalue weighted by atomic mass is 9.87. The van der Waals surface area contributed by atoms with Crippen LogP contribution in [-0.2, 0) is 19.9 Å². The molecular formula is C21H20FN3O5. The highest BCUT2D eigenvalue weighted by molar-refractivity contribution is 6.11. The lowest BCUT2D eigenvalue weighted by Crippen LogP contribution is -2.44. The number of halogens is 1. The van der Waals surface area contributed by atoms with Crippen LogP contribution < -0.4 is 10.6 Å². The maximum Gasteiger partial charge on any atom is 0.339 e. The summed E-state index contributed by atoms with van der Waals surface area (Å²) in [6.07, 6.45) is 0.215. The molecule has 2 aromatic rings. The second-order valence-corrected chi connectivity index (χ2v) is 6.67. The molecule has 0 aliphatic carbocycles. The number of urea groups is 1. The van der Waals surface area contributed by atoms with Gasteiger partial charge in [0.05, 0.1) is 18.4 Å². The van der Waals surface area contributed by atoms with Crippen molar-refractivity contribution < 1.29 is 28.3 Å². The van der Waals surface area contributed by atoms with Gasteiger partial charge in [-0.05, 0) is 36.2 Å². The monoisotopic (exact) mass is 413 g/mol. The molecule has 1 atom stereocenters. The number of imide groups is 1. The molecule has 9 heteroatoms. The van der Waals surface area contributed by atoms with Crippen molar-refractivity contribution in [3.8, 4) is 0 Å². The molecular weight excluding hydrogens is 393 g/mol. The Kier molecular flexibility index (Phi) is 5.81. The number of rotatable bonds is 6. The number of anilines is 1. The summed E-state index contributed by atoms with van der Waals surface area (Å²) in [5, 5.41) is 5.14. The van der Waals surface area contributed by atoms with E-state index in [1.807, 2.05) is 0 Å². The van der Waals surface area contributed by atoms with Gasteiger partial charge in [-0.2, -0.15) is 0 Å². The summed E-state index contributed by atoms with van der Waals surface area (Å²) >= 11 is 0. The Hall–Kier alpha value is -3.75. The van der Waals surface area contributed by atoms with E-state index in [0.717, 1.165) is 4.90 Å². The van der Waals surface area contributed by atoms with Crippen LogP contribution in [0.3, 0.4) is 0 Å². The van der Waals surface area contributed by atoms with Gasteiger partial charge in [-0.25, -0.2) is 14.0 Å². The zero-order valence-corrected chi connectivity index (χ0v) is 16.4. The normalized spacial score (nSPS) is 18.2. The smallest absolute Gasteiger partial charge is 0.339 e. The Morgan fingerprint density at radius 2 is 1.80 bits per heavy atom. The molecule has 1 heterocycles. The molecule has 0 spiro atoms. The predicted octanol–water partition coefficient (Wildman–Crippen LogP) is 2.41. The molecule has 4 amide bonds. The number of hydrogen-bond donors (Lipinski definition) is 2. The number of benzene rings is 2. The van der Waals surface area contributed by atoms with Gasteiger partial charge >= 0.3 is 12.0 Å². The van der Waals surface area contributed by atoms with Crippen LogP contribution in [-0.4, -0.2) is 42.4 Å². The molecule has 1 unspecified atom stereocenters. The second-order valence-electron chi connectivity index (χ2n) is 6.67. The molecule has 2 N–H and O–H groups in total. The minimum absolute atomic E-state index is 0.139. The molecule has 0 aromatic heterocycles. The fourth-order valence-electron chi connectivity index (χ4n) is 3.36. The van der Waals surface area contributed by atoms with Gasteiger partial charge in [0.25, 0.3) is 5.91 Å². The van der Waals surface area contributed by atoms with Crippen molar-refractivity contribution in [2.75, 3.05) is 19.0 Å². The first-order valence-corrected chi connectivity index (χ1v) is 9.19. The zero-order chi connectivity index (χ0) is 21.9. The number of ether oxygens (including phenoxy) is 1. The fraction of sp³-hybridized carbons (Fsp3) is 0.238. The first kappa shape index (κ1) is 21.0. The van der Waals surface area contributed by atoms with E-state index in [1.165, 1.54) is 43.5 Å². The van der Waals surface area contributed by atoms with E-state index < -0.39 is 41.7 Å². The molecule has 1 aliphatic rings. The fourth-order valence-corrected chi connectivity index (χ4v) is 3.36. The van der Waals surface area contributed by atoms with Crippen LogP contribution in [0.25, 0.3) is 0 Å². The first-order chi connectivity index (χ1) is 14.3. The van der Waals surface area contributed by atoms with E-state index in [1.54, 1.807) is 19.1 Å². The van der Waals surface area contributed by atoms with E-state index in [2.05, 4.69) is 15.4 Å². The number of esters is 1. The highest BCUT2D eigenvalue weighted by atomic mass is 19.1. The topological polar surface area (TPSA) is 105 Å². The Morgan fingerprint density at radius 1 is 1.13 bits per heavy atom. The Bertz CT molecular complexity index is 1010. The molecule has 0 saturated carbocycles. The van der Waals surface area contributed by atoms with Crippen LogP contribution in [0.5, 0.6) is 0 Å². The zero-order valence-electron chi connectivity index (χ0n) is 16.4. The van der Waals surface area contributed by atoms with Crippen molar-refractivity contribution in [1.82, 2.24) is 10.2 Å². The van der Waals surface area contributed by atoms with Crippen molar-refractivity contribution in [1.29, 1.82) is 0 Å². The molecule has 8 nitrogen and oxygen atoms in total. The number of methoxy groups -OCH3 is 1. The van der Waals surface area contributed by atoms with E-state index in [9.17, 15) is 23.6 Å². The van der Waals surface area contributed by atoms with Crippen molar-refractivity contribution in [3.05, 3.63) is 65.5 Å². The number of nitrogens with one attached hydrogen (secondary N) is 2. The minimum Gasteiger partial charge on any atom is -0.465 e. The average Bonchev–Trinajstić information content (AvgIpc) is 2.99. The van der Waals surface area contributed by atoms with Gasteiger partial charge in [0.1, 0.15) is 17.9 Å². The van der Waals surface area contributed by atoms with Crippen LogP contribution in [0.4, 0.5) is 14.9 Å². The summed E-state index contributed by atoms with van der Waals surface area (Å²) in [4.78, 5) is 50.7. The quantitative estimate of drug-likeness (QED) is 0.559. The summed E-state index contributed by atoms with van der Waals surface area (Å²) in [6, 6.07) is 10.7. The average molecular weight is 413 g/mol. The van der Waals surface area contributed by atoms with Crippen molar-refractivity contribution in [2.24, 2.45) is 0 Å². The maximum atomic E-state index is 13.3. The van der Waals surface area contributed by atoms with Crippen molar-refractivity contribution in [3.63, 3.8) is 0 Å². The SMILES string of the molecule is CCC1(c2ccc(F)cc2)NC(=O)N(CC(=O)Nc2ccccc2C(=O)OC)C1=O. The number of nitrogens with zero attached hydrogens (tertiary/aromatic N) is 1. The van der Waals surface area contributed by atoms with Crippen LogP contribution in [0.1, 0.15) is 29.3 Å². The molecule has 1 saturated heterocycles. The van der Waals surface area contributed by atoms with E-state index in [4.69, 9.17) is 0 Å². The largest absolute Gasteiger partial charge is 0.465 e. The van der Waals surface area contributed by atoms with Gasteiger partial charge < -0.3 is 15.4 Å². The molecule has 30 heavy (non-hydrogen) atoms. The van der Waals surface area contributed by atoms with Gasteiger partial charge in [-0.15, -0.1) is 0 Å². The summed E-state index contributed by atoms with van der Waals surface area (Å²) < 4.78 is 18.0. The third-order valence-corrected chi connectivity index (χ3v) is 4.95. The second kappa shape index (κ2) is 8.32. The summed E-state index contributed by atoms with van der Waals surface area (Å²) in [5.74, 6) is -2.39. The summed E-state index contributed by atoms with van der Waals surface area (Å²) in [6.45, 7) is 1.15. The first-order valence-electron chi connectivity index (χ1n) is 9.19. The predicted molar refractivity (Wildman–Crippen MR) is 105 cm³/mol. The van der Waals surface area contributed by atoms with Gasteiger partial charge in [-0.1, -0.05) is 31.2 Å². The molecule has 1 aliphatic heterocycles. The molecule has 1 fully saturated rings. The number of para-hydroxylation sites is 1. The molecule has 2 aromatic carbocycles. The van der Waals surface area contributed by atoms with E-state index in [-0.39, 0.29) is 17.7 Å². The highest BCUT2D eigenvalue weighted by Crippen LogP contribution is 2.32. The molecule has 0 radical (unpaired) electrons. The van der Waals surface area contributed by atoms with Gasteiger partial charge in [-0.3, -0.25) is 14.5 Å². The Balaban J connectivity index is 1.80. The Labute approximate surface area is 172 Å². The van der Waals surface area contributed by atoms with E-state index >= 15 is 0 Å². The number of carbonyl (C=O) groups excluding carboxylic acids is 4. The van der Waals surface area contributed by atoms with Gasteiger partial charge in [0.2, 0.25) is 5.91 Å². The standard InChI is InChI=1S/C21H20FN3O5/c1-3-21(13-8-10-14(22)11-9-13)19(28)25(20(29)24-21)12-17(26)23-16-7-5-4-6-15(16)18(27)30-2/h4-11H,3,12H2,1-2H3,(H,23,26)(H,24,29). The Morgan fingerprint density at radius 3 is 2.43 bits per heavy atom. The van der Waals surface area contributed by atoms with Crippen LogP contribution in [0.2, 0.25) is 0 Å². The molecule has 0 bridgehead atoms. The summed E-state index contributed by atoms with van der Waals surface area (Å²) in [7, 11) is 1.22. The molecule has 3 rings (SSSR count). The third-order valence-electron chi connectivity index (χ3n) is 4.95. The number of amides is 4. The van der Waals surface area contributed by atoms with Gasteiger partial charge in [0.15, 0.2) is 0 Å². The summed E-state index contributed by atoms with van der Waals surface area (Å²) in [5.41, 5.74) is -0.625. The maximum absolute atomic E-state index is 13.3. The van der Waals surface area contributed by atoms with Crippen LogP contribution in [0.15, 0.2) is 48.5 Å². The van der Waals surface area contributed by atoms with Crippen molar-refractivity contribution in [2.45, 2.75) is 18.9 Å². The van der Waals surface area contributed by atoms with E-state index in [0.29, 0.717) is 5.56 Å².